The molecular weight excluding hydrogens is 422 g/mol. The number of amides is 1. The molecule has 1 aromatic rings. The minimum atomic E-state index is -0.509. The first-order chi connectivity index (χ1) is 13.1. The predicted molar refractivity (Wildman–Crippen MR) is 111 cm³/mol. The van der Waals surface area contributed by atoms with Gasteiger partial charge in [-0.25, -0.2) is 4.79 Å². The fraction of sp³-hybridized carbons (Fsp3) is 0.619. The summed E-state index contributed by atoms with van der Waals surface area (Å²) in [4.78, 5) is 22.9. The van der Waals surface area contributed by atoms with E-state index in [2.05, 4.69) is 64.1 Å². The second-order valence-corrected chi connectivity index (χ2v) is 10.2. The van der Waals surface area contributed by atoms with Crippen LogP contribution in [0.1, 0.15) is 40.2 Å². The molecule has 2 saturated heterocycles. The molecule has 2 bridgehead atoms. The minimum Gasteiger partial charge on any atom is -0.444 e. The van der Waals surface area contributed by atoms with Crippen LogP contribution >= 0.6 is 15.9 Å². The van der Waals surface area contributed by atoms with Crippen molar-refractivity contribution in [1.82, 2.24) is 9.80 Å². The zero-order chi connectivity index (χ0) is 20.3. The summed E-state index contributed by atoms with van der Waals surface area (Å²) in [6.45, 7) is 11.4. The molecule has 1 amide bonds. The van der Waals surface area contributed by atoms with Crippen LogP contribution in [0.15, 0.2) is 35.5 Å². The molecule has 3 heterocycles. The Hall–Kier alpha value is -1.60. The number of nitrogens with zero attached hydrogens (tertiary/aromatic N) is 3. The van der Waals surface area contributed by atoms with E-state index in [1.165, 1.54) is 5.56 Å². The summed E-state index contributed by atoms with van der Waals surface area (Å²) in [6, 6.07) is 10.7. The summed E-state index contributed by atoms with van der Waals surface area (Å²) in [6.07, 6.45) is -0.317. The molecule has 6 nitrogen and oxygen atoms in total. The third-order valence-electron chi connectivity index (χ3n) is 5.99. The number of ether oxygens (including phenoxy) is 1. The third-order valence-corrected chi connectivity index (χ3v) is 6.66. The fourth-order valence-corrected chi connectivity index (χ4v) is 5.51. The molecule has 0 radical (unpaired) electrons. The summed E-state index contributed by atoms with van der Waals surface area (Å²) in [7, 11) is 0. The van der Waals surface area contributed by atoms with E-state index in [4.69, 9.17) is 9.57 Å². The van der Waals surface area contributed by atoms with E-state index < -0.39 is 5.60 Å². The molecule has 3 aliphatic rings. The predicted octanol–water partition coefficient (Wildman–Crippen LogP) is 3.95. The van der Waals surface area contributed by atoms with Crippen molar-refractivity contribution in [1.29, 1.82) is 0 Å². The lowest BCUT2D eigenvalue weighted by atomic mass is 9.89. The van der Waals surface area contributed by atoms with Gasteiger partial charge >= 0.3 is 6.09 Å². The average molecular weight is 450 g/mol. The molecule has 0 unspecified atom stereocenters. The first kappa shape index (κ1) is 19.7. The van der Waals surface area contributed by atoms with Gasteiger partial charge in [-0.2, -0.15) is 0 Å². The van der Waals surface area contributed by atoms with Gasteiger partial charge < -0.3 is 14.5 Å². The first-order valence-corrected chi connectivity index (χ1v) is 10.6. The molecule has 0 aliphatic carbocycles. The maximum atomic E-state index is 12.8. The van der Waals surface area contributed by atoms with Crippen LogP contribution in [-0.4, -0.2) is 57.4 Å². The highest BCUT2D eigenvalue weighted by Crippen LogP contribution is 2.48. The van der Waals surface area contributed by atoms with E-state index in [0.29, 0.717) is 13.1 Å². The van der Waals surface area contributed by atoms with Gasteiger partial charge in [-0.3, -0.25) is 4.90 Å². The number of fused-ring (bicyclic) bond motifs is 5. The number of rotatable bonds is 2. The van der Waals surface area contributed by atoms with Gasteiger partial charge in [0.05, 0.1) is 12.0 Å². The number of hydrogen-bond acceptors (Lipinski definition) is 5. The Morgan fingerprint density at radius 3 is 2.43 bits per heavy atom. The number of carbonyl (C=O) groups is 1. The quantitative estimate of drug-likeness (QED) is 0.685. The van der Waals surface area contributed by atoms with Crippen LogP contribution in [0.2, 0.25) is 0 Å². The van der Waals surface area contributed by atoms with Crippen LogP contribution in [-0.2, 0) is 15.1 Å². The highest BCUT2D eigenvalue weighted by molar-refractivity contribution is 9.18. The Morgan fingerprint density at radius 1 is 1.14 bits per heavy atom. The van der Waals surface area contributed by atoms with Gasteiger partial charge in [0.25, 0.3) is 0 Å². The molecule has 2 fully saturated rings. The second-order valence-electron chi connectivity index (χ2n) is 9.36. The number of hydrogen-bond donors (Lipinski definition) is 0. The first-order valence-electron chi connectivity index (χ1n) is 9.81. The lowest BCUT2D eigenvalue weighted by Gasteiger charge is -2.49. The Morgan fingerprint density at radius 2 is 1.79 bits per heavy atom. The highest BCUT2D eigenvalue weighted by atomic mass is 79.9. The van der Waals surface area contributed by atoms with Crippen molar-refractivity contribution in [2.45, 2.75) is 63.9 Å². The number of carbonyl (C=O) groups excluding carboxylic acids is 1. The SMILES string of the molecule is CC(C)(C)OC(=O)N1C[C@@H]2[C@H]3C(Br)=NO[C@H]3[C@H](C1)N2C(C)(C)c1ccccc1. The van der Waals surface area contributed by atoms with Gasteiger partial charge in [0, 0.05) is 24.7 Å². The van der Waals surface area contributed by atoms with Gasteiger partial charge in [-0.1, -0.05) is 35.5 Å². The Balaban J connectivity index is 1.66. The number of oxime groups is 1. The lowest BCUT2D eigenvalue weighted by Crippen LogP contribution is -2.62. The molecule has 4 atom stereocenters. The molecule has 3 aliphatic heterocycles. The summed E-state index contributed by atoms with van der Waals surface area (Å²) in [5.74, 6) is 0.125. The number of piperazine rings is 1. The normalized spacial score (nSPS) is 29.9. The standard InChI is InChI=1S/C21H28BrN3O3/c1-20(2,3)27-19(26)24-11-14-16-17(28-23-18(16)22)15(12-24)25(14)21(4,5)13-9-7-6-8-10-13/h6-10,14-17H,11-12H2,1-5H3/t14-,15+,16-,17+/m1/s1. The Labute approximate surface area is 175 Å². The Kier molecular flexibility index (Phi) is 4.74. The van der Waals surface area contributed by atoms with Gasteiger partial charge in [-0.05, 0) is 56.1 Å². The molecule has 1 aromatic carbocycles. The van der Waals surface area contributed by atoms with E-state index in [9.17, 15) is 4.79 Å². The molecule has 4 rings (SSSR count). The van der Waals surface area contributed by atoms with E-state index in [0.717, 1.165) is 4.62 Å². The van der Waals surface area contributed by atoms with Crippen molar-refractivity contribution in [3.63, 3.8) is 0 Å². The molecule has 0 spiro atoms. The highest BCUT2D eigenvalue weighted by Gasteiger charge is 2.62. The summed E-state index contributed by atoms with van der Waals surface area (Å²) in [5.41, 5.74) is 0.548. The molecule has 28 heavy (non-hydrogen) atoms. The average Bonchev–Trinajstić information content (AvgIpc) is 3.09. The molecule has 7 heteroatoms. The zero-order valence-corrected chi connectivity index (χ0v) is 18.6. The van der Waals surface area contributed by atoms with Crippen LogP contribution in [0.25, 0.3) is 0 Å². The van der Waals surface area contributed by atoms with Crippen molar-refractivity contribution < 1.29 is 14.4 Å². The van der Waals surface area contributed by atoms with Crippen LogP contribution in [0, 0.1) is 5.92 Å². The van der Waals surface area contributed by atoms with E-state index in [1.807, 2.05) is 31.7 Å². The van der Waals surface area contributed by atoms with E-state index >= 15 is 0 Å². The summed E-state index contributed by atoms with van der Waals surface area (Å²) < 4.78 is 6.48. The van der Waals surface area contributed by atoms with Crippen molar-refractivity contribution in [3.05, 3.63) is 35.9 Å². The second kappa shape index (κ2) is 6.73. The molecule has 0 N–H and O–H groups in total. The van der Waals surface area contributed by atoms with Crippen molar-refractivity contribution in [3.8, 4) is 0 Å². The fourth-order valence-electron chi connectivity index (χ4n) is 4.86. The van der Waals surface area contributed by atoms with Crippen LogP contribution in [0.5, 0.6) is 0 Å². The van der Waals surface area contributed by atoms with E-state index in [-0.39, 0.29) is 35.7 Å². The van der Waals surface area contributed by atoms with Crippen LogP contribution in [0.4, 0.5) is 4.79 Å². The number of halogens is 1. The van der Waals surface area contributed by atoms with Gasteiger partial charge in [0.15, 0.2) is 6.10 Å². The van der Waals surface area contributed by atoms with E-state index in [1.54, 1.807) is 0 Å². The van der Waals surface area contributed by atoms with Crippen molar-refractivity contribution >= 4 is 26.6 Å². The maximum Gasteiger partial charge on any atom is 0.410 e. The van der Waals surface area contributed by atoms with Crippen molar-refractivity contribution in [2.24, 2.45) is 11.1 Å². The molecule has 0 aromatic heterocycles. The topological polar surface area (TPSA) is 54.4 Å². The molecule has 152 valence electrons. The zero-order valence-electron chi connectivity index (χ0n) is 17.1. The minimum absolute atomic E-state index is 0.0466. The van der Waals surface area contributed by atoms with Crippen LogP contribution in [0.3, 0.4) is 0 Å². The Bertz CT molecular complexity index is 790. The number of benzene rings is 1. The monoisotopic (exact) mass is 449 g/mol. The molecular formula is C21H28BrN3O3. The number of likely N-dealkylation sites (tertiary alicyclic amines) is 1. The molecule has 0 saturated carbocycles. The lowest BCUT2D eigenvalue weighted by molar-refractivity contribution is -0.0496. The summed E-state index contributed by atoms with van der Waals surface area (Å²) >= 11 is 3.60. The van der Waals surface area contributed by atoms with Gasteiger partial charge in [-0.15, -0.1) is 0 Å². The van der Waals surface area contributed by atoms with Crippen molar-refractivity contribution in [2.75, 3.05) is 13.1 Å². The van der Waals surface area contributed by atoms with Crippen LogP contribution < -0.4 is 0 Å². The smallest absolute Gasteiger partial charge is 0.410 e. The largest absolute Gasteiger partial charge is 0.444 e. The van der Waals surface area contributed by atoms with Gasteiger partial charge in [0.1, 0.15) is 10.2 Å². The third kappa shape index (κ3) is 3.22. The maximum absolute atomic E-state index is 12.8. The summed E-state index contributed by atoms with van der Waals surface area (Å²) in [5, 5.41) is 4.19. The van der Waals surface area contributed by atoms with Gasteiger partial charge in [0.2, 0.25) is 0 Å².